The van der Waals surface area contributed by atoms with E-state index in [4.69, 9.17) is 5.11 Å². The number of aliphatic hydroxyl groups is 1. The summed E-state index contributed by atoms with van der Waals surface area (Å²) >= 11 is 0. The maximum Gasteiger partial charge on any atom is 0.0916 e. The van der Waals surface area contributed by atoms with Crippen LogP contribution in [-0.2, 0) is 0 Å². The van der Waals surface area contributed by atoms with E-state index in [1.165, 1.54) is 0 Å². The van der Waals surface area contributed by atoms with Gasteiger partial charge in [0.25, 0.3) is 0 Å². The molecule has 0 aliphatic carbocycles. The quantitative estimate of drug-likeness (QED) is 0.558. The van der Waals surface area contributed by atoms with Crippen LogP contribution >= 0.6 is 0 Å². The summed E-state index contributed by atoms with van der Waals surface area (Å²) in [6.45, 7) is 3.32. The lowest BCUT2D eigenvalue weighted by atomic mass is 10.2. The molecule has 0 saturated heterocycles. The summed E-state index contributed by atoms with van der Waals surface area (Å²) in [5, 5.41) is 11.4. The number of nitrogens with zero attached hydrogens (tertiary/aromatic N) is 1. The molecule has 3 heteroatoms. The SMILES string of the molecule is CC(O)CC(C)N=O. The Labute approximate surface area is 48.7 Å². The highest BCUT2D eigenvalue weighted by atomic mass is 16.3. The van der Waals surface area contributed by atoms with E-state index in [0.29, 0.717) is 6.42 Å². The van der Waals surface area contributed by atoms with E-state index in [1.807, 2.05) is 0 Å². The maximum atomic E-state index is 9.68. The van der Waals surface area contributed by atoms with E-state index in [9.17, 15) is 4.91 Å². The standard InChI is InChI=1S/C5H11NO2/c1-4(6-8)3-5(2)7/h4-5,7H,3H2,1-2H3. The molecule has 0 amide bonds. The van der Waals surface area contributed by atoms with Gasteiger partial charge in [0, 0.05) is 0 Å². The molecular formula is C5H11NO2. The second-order valence-electron chi connectivity index (χ2n) is 2.04. The van der Waals surface area contributed by atoms with Crippen LogP contribution in [0, 0.1) is 4.91 Å². The third kappa shape index (κ3) is 3.74. The number of rotatable bonds is 3. The molecule has 2 unspecified atom stereocenters. The van der Waals surface area contributed by atoms with Crippen molar-refractivity contribution in [3.63, 3.8) is 0 Å². The molecule has 48 valence electrons. The predicted molar refractivity (Wildman–Crippen MR) is 31.6 cm³/mol. The van der Waals surface area contributed by atoms with Crippen LogP contribution < -0.4 is 0 Å². The average molecular weight is 117 g/mol. The van der Waals surface area contributed by atoms with Crippen molar-refractivity contribution in [2.75, 3.05) is 0 Å². The number of nitroso groups, excluding NO2 is 1. The molecular weight excluding hydrogens is 106 g/mol. The Bertz CT molecular complexity index is 72.8. The minimum absolute atomic E-state index is 0.255. The zero-order valence-corrected chi connectivity index (χ0v) is 5.16. The summed E-state index contributed by atoms with van der Waals surface area (Å²) in [5.74, 6) is 0. The van der Waals surface area contributed by atoms with Crippen LogP contribution in [0.4, 0.5) is 0 Å². The molecule has 0 aromatic heterocycles. The fraction of sp³-hybridized carbons (Fsp3) is 1.00. The van der Waals surface area contributed by atoms with Crippen LogP contribution in [0.2, 0.25) is 0 Å². The van der Waals surface area contributed by atoms with Gasteiger partial charge in [0.2, 0.25) is 0 Å². The van der Waals surface area contributed by atoms with E-state index in [1.54, 1.807) is 13.8 Å². The van der Waals surface area contributed by atoms with E-state index in [-0.39, 0.29) is 6.04 Å². The highest BCUT2D eigenvalue weighted by Crippen LogP contribution is 1.99. The zero-order chi connectivity index (χ0) is 6.57. The Morgan fingerprint density at radius 2 is 2.12 bits per heavy atom. The molecule has 0 radical (unpaired) electrons. The predicted octanol–water partition coefficient (Wildman–Crippen LogP) is 0.912. The van der Waals surface area contributed by atoms with Gasteiger partial charge in [0.05, 0.1) is 12.1 Å². The highest BCUT2D eigenvalue weighted by Gasteiger charge is 2.03. The van der Waals surface area contributed by atoms with Crippen molar-refractivity contribution in [2.45, 2.75) is 32.4 Å². The molecule has 0 heterocycles. The topological polar surface area (TPSA) is 49.7 Å². The van der Waals surface area contributed by atoms with Crippen molar-refractivity contribution in [1.29, 1.82) is 0 Å². The molecule has 1 N–H and O–H groups in total. The van der Waals surface area contributed by atoms with Crippen molar-refractivity contribution in [3.8, 4) is 0 Å². The van der Waals surface area contributed by atoms with Crippen molar-refractivity contribution < 1.29 is 5.11 Å². The van der Waals surface area contributed by atoms with Crippen molar-refractivity contribution in [3.05, 3.63) is 4.91 Å². The van der Waals surface area contributed by atoms with Gasteiger partial charge in [-0.2, -0.15) is 4.91 Å². The van der Waals surface area contributed by atoms with Crippen LogP contribution in [0.15, 0.2) is 5.18 Å². The summed E-state index contributed by atoms with van der Waals surface area (Å²) < 4.78 is 0. The van der Waals surface area contributed by atoms with Gasteiger partial charge in [0.1, 0.15) is 0 Å². The van der Waals surface area contributed by atoms with E-state index < -0.39 is 6.10 Å². The molecule has 0 aromatic rings. The normalized spacial score (nSPS) is 17.4. The first-order chi connectivity index (χ1) is 3.66. The van der Waals surface area contributed by atoms with Gasteiger partial charge < -0.3 is 5.11 Å². The largest absolute Gasteiger partial charge is 0.393 e. The van der Waals surface area contributed by atoms with Gasteiger partial charge in [-0.15, -0.1) is 0 Å². The first kappa shape index (κ1) is 7.56. The average Bonchev–Trinajstić information content (AvgIpc) is 1.65. The molecule has 0 bridgehead atoms. The summed E-state index contributed by atoms with van der Waals surface area (Å²) in [6, 6.07) is -0.255. The van der Waals surface area contributed by atoms with Crippen LogP contribution in [0.1, 0.15) is 20.3 Å². The molecule has 3 nitrogen and oxygen atoms in total. The van der Waals surface area contributed by atoms with Gasteiger partial charge >= 0.3 is 0 Å². The van der Waals surface area contributed by atoms with Crippen molar-refractivity contribution in [2.24, 2.45) is 5.18 Å². The van der Waals surface area contributed by atoms with Gasteiger partial charge in [-0.05, 0) is 20.3 Å². The molecule has 0 rings (SSSR count). The lowest BCUT2D eigenvalue weighted by molar-refractivity contribution is 0.177. The van der Waals surface area contributed by atoms with Gasteiger partial charge in [0.15, 0.2) is 0 Å². The first-order valence-corrected chi connectivity index (χ1v) is 2.67. The lowest BCUT2D eigenvalue weighted by Gasteiger charge is -2.02. The third-order valence-corrected chi connectivity index (χ3v) is 0.862. The zero-order valence-electron chi connectivity index (χ0n) is 5.16. The number of hydrogen-bond donors (Lipinski definition) is 1. The fourth-order valence-corrected chi connectivity index (χ4v) is 0.537. The van der Waals surface area contributed by atoms with Crippen molar-refractivity contribution >= 4 is 0 Å². The summed E-state index contributed by atoms with van der Waals surface area (Å²) in [7, 11) is 0. The maximum absolute atomic E-state index is 9.68. The monoisotopic (exact) mass is 117 g/mol. The third-order valence-electron chi connectivity index (χ3n) is 0.862. The van der Waals surface area contributed by atoms with Crippen LogP contribution in [0.3, 0.4) is 0 Å². The van der Waals surface area contributed by atoms with E-state index >= 15 is 0 Å². The Balaban J connectivity index is 3.23. The van der Waals surface area contributed by atoms with Crippen LogP contribution in [-0.4, -0.2) is 17.3 Å². The molecule has 0 aromatic carbocycles. The molecule has 0 spiro atoms. The highest BCUT2D eigenvalue weighted by molar-refractivity contribution is 4.60. The molecule has 0 aliphatic rings. The molecule has 2 atom stereocenters. The Hall–Kier alpha value is -0.440. The number of hydrogen-bond acceptors (Lipinski definition) is 3. The molecule has 0 fully saturated rings. The Morgan fingerprint density at radius 3 is 2.25 bits per heavy atom. The number of aliphatic hydroxyl groups excluding tert-OH is 1. The van der Waals surface area contributed by atoms with Crippen LogP contribution in [0.5, 0.6) is 0 Å². The van der Waals surface area contributed by atoms with Crippen molar-refractivity contribution in [1.82, 2.24) is 0 Å². The molecule has 0 aliphatic heterocycles. The summed E-state index contributed by atoms with van der Waals surface area (Å²) in [6.07, 6.45) is 0.0476. The Morgan fingerprint density at radius 1 is 1.62 bits per heavy atom. The second kappa shape index (κ2) is 3.55. The van der Waals surface area contributed by atoms with Gasteiger partial charge in [-0.3, -0.25) is 0 Å². The van der Waals surface area contributed by atoms with E-state index in [2.05, 4.69) is 5.18 Å². The minimum atomic E-state index is -0.414. The fourth-order valence-electron chi connectivity index (χ4n) is 0.537. The van der Waals surface area contributed by atoms with E-state index in [0.717, 1.165) is 0 Å². The summed E-state index contributed by atoms with van der Waals surface area (Å²) in [4.78, 5) is 9.68. The first-order valence-electron chi connectivity index (χ1n) is 2.67. The lowest BCUT2D eigenvalue weighted by Crippen LogP contribution is -2.08. The molecule has 8 heavy (non-hydrogen) atoms. The minimum Gasteiger partial charge on any atom is -0.393 e. The molecule has 0 saturated carbocycles. The summed E-state index contributed by atoms with van der Waals surface area (Å²) in [5.41, 5.74) is 0. The second-order valence-corrected chi connectivity index (χ2v) is 2.04. The van der Waals surface area contributed by atoms with Crippen LogP contribution in [0.25, 0.3) is 0 Å². The van der Waals surface area contributed by atoms with Gasteiger partial charge in [-0.25, -0.2) is 0 Å². The van der Waals surface area contributed by atoms with Gasteiger partial charge in [-0.1, -0.05) is 5.18 Å². The Kier molecular flexibility index (Phi) is 3.35. The smallest absolute Gasteiger partial charge is 0.0916 e.